The molecule has 2 aromatic carbocycles. The minimum absolute atomic E-state index is 0.109. The molecular formula is C19H16F2N4O2. The van der Waals surface area contributed by atoms with Crippen molar-refractivity contribution in [3.63, 3.8) is 0 Å². The maximum Gasteiger partial charge on any atom is 0.148 e. The van der Waals surface area contributed by atoms with Crippen LogP contribution in [-0.2, 0) is 7.05 Å². The van der Waals surface area contributed by atoms with Crippen molar-refractivity contribution in [2.24, 2.45) is 7.05 Å². The highest BCUT2D eigenvalue weighted by molar-refractivity contribution is 6.30. The van der Waals surface area contributed by atoms with E-state index in [0.29, 0.717) is 17.1 Å². The number of imidazole rings is 1. The van der Waals surface area contributed by atoms with E-state index in [1.807, 2.05) is 6.07 Å². The van der Waals surface area contributed by atoms with Gasteiger partial charge in [-0.05, 0) is 24.3 Å². The number of hydrogen-bond donors (Lipinski definition) is 2. The molecule has 8 heteroatoms. The lowest BCUT2D eigenvalue weighted by Gasteiger charge is -2.19. The zero-order chi connectivity index (χ0) is 19.3. The van der Waals surface area contributed by atoms with Gasteiger partial charge in [0.2, 0.25) is 0 Å². The number of hydrogen-bond acceptors (Lipinski definition) is 4. The number of nitrogens with zero attached hydrogens (tertiary/aromatic N) is 3. The summed E-state index contributed by atoms with van der Waals surface area (Å²) in [6.07, 6.45) is 0. The van der Waals surface area contributed by atoms with E-state index in [9.17, 15) is 13.9 Å². The molecule has 2 heterocycles. The molecule has 1 aliphatic rings. The molecule has 0 saturated carbocycles. The number of nitrogens with one attached hydrogen (secondary N) is 1. The summed E-state index contributed by atoms with van der Waals surface area (Å²) >= 11 is 0. The highest BCUT2D eigenvalue weighted by Crippen LogP contribution is 2.34. The molecule has 6 nitrogen and oxygen atoms in total. The summed E-state index contributed by atoms with van der Waals surface area (Å²) in [6, 6.07) is 8.36. The van der Waals surface area contributed by atoms with Gasteiger partial charge in [0.1, 0.15) is 34.8 Å². The van der Waals surface area contributed by atoms with Gasteiger partial charge in [-0.3, -0.25) is 5.41 Å². The molecule has 0 fully saturated rings. The molecule has 138 valence electrons. The van der Waals surface area contributed by atoms with Gasteiger partial charge in [-0.2, -0.15) is 0 Å². The number of anilines is 1. The fourth-order valence-corrected chi connectivity index (χ4v) is 3.24. The van der Waals surface area contributed by atoms with Crippen molar-refractivity contribution in [1.29, 1.82) is 5.41 Å². The zero-order valence-electron chi connectivity index (χ0n) is 14.6. The Morgan fingerprint density at radius 3 is 2.70 bits per heavy atom. The molecule has 0 saturated heterocycles. The minimum atomic E-state index is -0.676. The highest BCUT2D eigenvalue weighted by Gasteiger charge is 2.33. The van der Waals surface area contributed by atoms with Gasteiger partial charge in [-0.1, -0.05) is 0 Å². The highest BCUT2D eigenvalue weighted by atomic mass is 19.1. The molecule has 2 N–H and O–H groups in total. The van der Waals surface area contributed by atoms with E-state index in [2.05, 4.69) is 4.98 Å². The van der Waals surface area contributed by atoms with Crippen molar-refractivity contribution in [1.82, 2.24) is 9.55 Å². The number of ether oxygens (including phenoxy) is 1. The number of aliphatic hydroxyl groups excluding tert-OH is 1. The van der Waals surface area contributed by atoms with Crippen LogP contribution < -0.4 is 9.64 Å². The van der Waals surface area contributed by atoms with E-state index >= 15 is 0 Å². The van der Waals surface area contributed by atoms with Crippen LogP contribution in [0.25, 0.3) is 16.6 Å². The van der Waals surface area contributed by atoms with Crippen molar-refractivity contribution in [3.05, 3.63) is 59.6 Å². The molecule has 0 unspecified atom stereocenters. The second kappa shape index (κ2) is 6.08. The Kier molecular flexibility index (Phi) is 3.83. The van der Waals surface area contributed by atoms with Crippen LogP contribution in [0.5, 0.6) is 5.75 Å². The lowest BCUT2D eigenvalue weighted by molar-refractivity contribution is 0.410. The van der Waals surface area contributed by atoms with Crippen LogP contribution in [0.2, 0.25) is 0 Å². The molecule has 0 atom stereocenters. The molecule has 0 bridgehead atoms. The third-order valence-corrected chi connectivity index (χ3v) is 4.61. The molecule has 0 aliphatic carbocycles. The van der Waals surface area contributed by atoms with Gasteiger partial charge in [0, 0.05) is 19.2 Å². The molecule has 4 rings (SSSR count). The van der Waals surface area contributed by atoms with Crippen LogP contribution in [0.4, 0.5) is 14.5 Å². The first-order chi connectivity index (χ1) is 12.9. The Hall–Kier alpha value is -3.42. The van der Waals surface area contributed by atoms with E-state index in [4.69, 9.17) is 10.1 Å². The average molecular weight is 370 g/mol. The summed E-state index contributed by atoms with van der Waals surface area (Å²) < 4.78 is 34.6. The molecule has 27 heavy (non-hydrogen) atoms. The normalized spacial score (nSPS) is 14.5. The van der Waals surface area contributed by atoms with Gasteiger partial charge in [-0.25, -0.2) is 13.8 Å². The topological polar surface area (TPSA) is 74.4 Å². The summed E-state index contributed by atoms with van der Waals surface area (Å²) in [6.45, 7) is -0.138. The fraction of sp³-hybridized carbons (Fsp3) is 0.158. The minimum Gasteiger partial charge on any atom is -0.509 e. The van der Waals surface area contributed by atoms with Crippen molar-refractivity contribution in [2.75, 3.05) is 18.6 Å². The summed E-state index contributed by atoms with van der Waals surface area (Å²) in [5.74, 6) is -0.585. The molecule has 0 radical (unpaired) electrons. The number of aromatic nitrogens is 2. The first-order valence-electron chi connectivity index (χ1n) is 8.15. The summed E-state index contributed by atoms with van der Waals surface area (Å²) in [7, 11) is 3.31. The number of methoxy groups -OCH3 is 1. The molecular weight excluding hydrogens is 354 g/mol. The Balaban J connectivity index is 1.79. The monoisotopic (exact) mass is 370 g/mol. The van der Waals surface area contributed by atoms with Crippen molar-refractivity contribution in [3.8, 4) is 5.75 Å². The lowest BCUT2D eigenvalue weighted by Crippen LogP contribution is -2.27. The van der Waals surface area contributed by atoms with Crippen molar-refractivity contribution in [2.45, 2.75) is 0 Å². The number of rotatable bonds is 3. The van der Waals surface area contributed by atoms with Gasteiger partial charge < -0.3 is 19.3 Å². The third-order valence-electron chi connectivity index (χ3n) is 4.61. The lowest BCUT2D eigenvalue weighted by atomic mass is 10.2. The fourth-order valence-electron chi connectivity index (χ4n) is 3.24. The smallest absolute Gasteiger partial charge is 0.148 e. The van der Waals surface area contributed by atoms with Crippen molar-refractivity contribution < 1.29 is 18.6 Å². The van der Waals surface area contributed by atoms with E-state index in [-0.39, 0.29) is 29.4 Å². The SMILES string of the molecule is COc1ccc2c(c1)nc(C1=C(O)CN(c3cc(F)ccc3F)C1=N)n2C. The molecule has 3 aromatic rings. The standard InChI is InChI=1S/C19H16F2N4O2/c1-24-14-6-4-11(27-2)8-13(14)23-19(24)17-16(26)9-25(18(17)22)15-7-10(20)3-5-12(15)21/h3-8,22,26H,9H2,1-2H3. The van der Waals surface area contributed by atoms with Gasteiger partial charge in [0.15, 0.2) is 0 Å². The van der Waals surface area contributed by atoms with Gasteiger partial charge >= 0.3 is 0 Å². The first kappa shape index (κ1) is 17.0. The van der Waals surface area contributed by atoms with Crippen LogP contribution in [0.3, 0.4) is 0 Å². The predicted octanol–water partition coefficient (Wildman–Crippen LogP) is 3.63. The van der Waals surface area contributed by atoms with Crippen LogP contribution in [0.15, 0.2) is 42.2 Å². The molecule has 0 spiro atoms. The Morgan fingerprint density at radius 1 is 1.19 bits per heavy atom. The first-order valence-corrected chi connectivity index (χ1v) is 8.15. The number of halogens is 2. The van der Waals surface area contributed by atoms with Crippen LogP contribution in [0.1, 0.15) is 5.82 Å². The number of aryl methyl sites for hydroxylation is 1. The summed E-state index contributed by atoms with van der Waals surface area (Å²) in [5, 5.41) is 18.9. The van der Waals surface area contributed by atoms with E-state index < -0.39 is 11.6 Å². The summed E-state index contributed by atoms with van der Waals surface area (Å²) in [4.78, 5) is 5.71. The Bertz CT molecular complexity index is 1120. The largest absolute Gasteiger partial charge is 0.509 e. The zero-order valence-corrected chi connectivity index (χ0v) is 14.6. The van der Waals surface area contributed by atoms with E-state index in [1.165, 1.54) is 4.90 Å². The van der Waals surface area contributed by atoms with Gasteiger partial charge in [0.25, 0.3) is 0 Å². The second-order valence-corrected chi connectivity index (χ2v) is 6.20. The molecule has 1 aromatic heterocycles. The van der Waals surface area contributed by atoms with E-state index in [0.717, 1.165) is 23.7 Å². The number of aliphatic hydroxyl groups is 1. The maximum atomic E-state index is 14.1. The van der Waals surface area contributed by atoms with Gasteiger partial charge in [0.05, 0.1) is 35.9 Å². The molecule has 1 aliphatic heterocycles. The second-order valence-electron chi connectivity index (χ2n) is 6.20. The van der Waals surface area contributed by atoms with Crippen molar-refractivity contribution >= 4 is 28.1 Å². The average Bonchev–Trinajstić information content (AvgIpc) is 3.12. The number of amidine groups is 1. The van der Waals surface area contributed by atoms with Crippen LogP contribution in [0, 0.1) is 17.0 Å². The number of benzene rings is 2. The quantitative estimate of drug-likeness (QED) is 0.738. The van der Waals surface area contributed by atoms with E-state index in [1.54, 1.807) is 30.9 Å². The van der Waals surface area contributed by atoms with Crippen LogP contribution >= 0.6 is 0 Å². The predicted molar refractivity (Wildman–Crippen MR) is 98.2 cm³/mol. The molecule has 0 amide bonds. The number of fused-ring (bicyclic) bond motifs is 1. The van der Waals surface area contributed by atoms with Crippen LogP contribution in [-0.4, -0.2) is 34.1 Å². The Labute approximate surface area is 153 Å². The maximum absolute atomic E-state index is 14.1. The third kappa shape index (κ3) is 2.61. The summed E-state index contributed by atoms with van der Waals surface area (Å²) in [5.41, 5.74) is 1.49. The van der Waals surface area contributed by atoms with Gasteiger partial charge in [-0.15, -0.1) is 0 Å². The Morgan fingerprint density at radius 2 is 1.96 bits per heavy atom.